The number of esters is 1. The first-order valence-electron chi connectivity index (χ1n) is 15.7. The SMILES string of the molecule is CC(=O)O[C@@]12CC[C@@H](N(CC(C)C)C(=O)Cc3ccc(Cl)c(Cl)c3)[C@@H]3Oc4c(O)ccc5c4[C@@]31CCN(CC1CC1)[C@@H]2C5. The Morgan fingerprint density at radius 3 is 2.63 bits per heavy atom. The van der Waals surface area contributed by atoms with Crippen molar-refractivity contribution in [3.8, 4) is 11.5 Å². The van der Waals surface area contributed by atoms with Gasteiger partial charge < -0.3 is 19.5 Å². The summed E-state index contributed by atoms with van der Waals surface area (Å²) in [5.74, 6) is 1.24. The summed E-state index contributed by atoms with van der Waals surface area (Å²) in [6, 6.07) is 8.86. The Bertz CT molecular complexity index is 1480. The van der Waals surface area contributed by atoms with Gasteiger partial charge in [0.15, 0.2) is 11.5 Å². The maximum atomic E-state index is 14.2. The first-order chi connectivity index (χ1) is 20.5. The molecule has 2 aromatic carbocycles. The van der Waals surface area contributed by atoms with E-state index in [-0.39, 0.29) is 42.0 Å². The van der Waals surface area contributed by atoms with Gasteiger partial charge in [0.2, 0.25) is 5.91 Å². The number of ether oxygens (including phenoxy) is 2. The van der Waals surface area contributed by atoms with Crippen LogP contribution in [0.25, 0.3) is 0 Å². The van der Waals surface area contributed by atoms with Crippen LogP contribution in [-0.4, -0.2) is 70.2 Å². The second kappa shape index (κ2) is 10.6. The molecule has 43 heavy (non-hydrogen) atoms. The number of phenols is 1. The fraction of sp³-hybridized carbons (Fsp3) is 0.588. The molecule has 1 saturated heterocycles. The number of aromatic hydroxyl groups is 1. The average molecular weight is 628 g/mol. The number of piperidine rings is 1. The fourth-order valence-corrected chi connectivity index (χ4v) is 9.27. The smallest absolute Gasteiger partial charge is 0.303 e. The molecule has 0 unspecified atom stereocenters. The van der Waals surface area contributed by atoms with Gasteiger partial charge in [0.25, 0.3) is 0 Å². The van der Waals surface area contributed by atoms with Gasteiger partial charge in [-0.1, -0.05) is 49.2 Å². The third kappa shape index (κ3) is 4.55. The molecule has 2 aliphatic heterocycles. The summed E-state index contributed by atoms with van der Waals surface area (Å²) in [7, 11) is 0. The van der Waals surface area contributed by atoms with E-state index in [1.807, 2.05) is 17.0 Å². The maximum absolute atomic E-state index is 14.2. The molecular formula is C34H40Cl2N2O5. The van der Waals surface area contributed by atoms with Crippen LogP contribution in [-0.2, 0) is 32.6 Å². The van der Waals surface area contributed by atoms with Crippen LogP contribution < -0.4 is 4.74 Å². The zero-order valence-corrected chi connectivity index (χ0v) is 26.6. The van der Waals surface area contributed by atoms with Crippen LogP contribution in [0.2, 0.25) is 10.0 Å². The van der Waals surface area contributed by atoms with Crippen molar-refractivity contribution in [1.82, 2.24) is 9.80 Å². The first kappa shape index (κ1) is 29.2. The molecule has 0 radical (unpaired) electrons. The molecule has 1 spiro atoms. The van der Waals surface area contributed by atoms with Crippen LogP contribution in [0.15, 0.2) is 30.3 Å². The first-order valence-corrected chi connectivity index (χ1v) is 16.5. The molecule has 2 saturated carbocycles. The minimum atomic E-state index is -0.796. The molecule has 7 nitrogen and oxygen atoms in total. The molecule has 5 aliphatic rings. The van der Waals surface area contributed by atoms with Crippen molar-refractivity contribution in [3.63, 3.8) is 0 Å². The van der Waals surface area contributed by atoms with Crippen molar-refractivity contribution >= 4 is 35.1 Å². The fourth-order valence-electron chi connectivity index (χ4n) is 8.95. The van der Waals surface area contributed by atoms with Crippen molar-refractivity contribution < 1.29 is 24.2 Å². The van der Waals surface area contributed by atoms with Gasteiger partial charge in [-0.15, -0.1) is 0 Å². The van der Waals surface area contributed by atoms with Crippen molar-refractivity contribution in [2.45, 2.75) is 94.9 Å². The van der Waals surface area contributed by atoms with Gasteiger partial charge in [0, 0.05) is 25.6 Å². The highest BCUT2D eigenvalue weighted by molar-refractivity contribution is 6.42. The molecule has 5 atom stereocenters. The minimum Gasteiger partial charge on any atom is -0.504 e. The summed E-state index contributed by atoms with van der Waals surface area (Å²) in [4.78, 5) is 31.7. The summed E-state index contributed by atoms with van der Waals surface area (Å²) in [5.41, 5.74) is 1.50. The average Bonchev–Trinajstić information content (AvgIpc) is 3.69. The number of hydrogen-bond acceptors (Lipinski definition) is 6. The lowest BCUT2D eigenvalue weighted by molar-refractivity contribution is -0.224. The van der Waals surface area contributed by atoms with E-state index < -0.39 is 17.1 Å². The van der Waals surface area contributed by atoms with E-state index in [9.17, 15) is 14.7 Å². The van der Waals surface area contributed by atoms with Gasteiger partial charge >= 0.3 is 5.97 Å². The zero-order chi connectivity index (χ0) is 30.3. The second-order valence-corrected chi connectivity index (χ2v) is 14.6. The number of hydrogen-bond donors (Lipinski definition) is 1. The number of likely N-dealkylation sites (tertiary alicyclic amines) is 1. The van der Waals surface area contributed by atoms with Gasteiger partial charge in [0.05, 0.1) is 34.0 Å². The molecule has 230 valence electrons. The highest BCUT2D eigenvalue weighted by atomic mass is 35.5. The Morgan fingerprint density at radius 1 is 1.14 bits per heavy atom. The quantitative estimate of drug-likeness (QED) is 0.366. The van der Waals surface area contributed by atoms with Crippen LogP contribution in [0.3, 0.4) is 0 Å². The van der Waals surface area contributed by atoms with Crippen LogP contribution in [0.4, 0.5) is 0 Å². The summed E-state index contributed by atoms with van der Waals surface area (Å²) in [5, 5.41) is 12.0. The van der Waals surface area contributed by atoms with E-state index in [0.29, 0.717) is 41.1 Å². The van der Waals surface area contributed by atoms with Gasteiger partial charge in [-0.3, -0.25) is 14.5 Å². The highest BCUT2D eigenvalue weighted by Gasteiger charge is 2.75. The number of carbonyl (C=O) groups is 2. The van der Waals surface area contributed by atoms with Crippen molar-refractivity contribution in [3.05, 3.63) is 57.1 Å². The molecule has 7 rings (SSSR count). The summed E-state index contributed by atoms with van der Waals surface area (Å²) in [6.45, 7) is 8.19. The topological polar surface area (TPSA) is 79.3 Å². The normalized spacial score (nSPS) is 30.5. The Morgan fingerprint density at radius 2 is 1.93 bits per heavy atom. The molecule has 0 aromatic heterocycles. The number of benzene rings is 2. The lowest BCUT2D eigenvalue weighted by Crippen LogP contribution is -2.79. The molecule has 1 N–H and O–H groups in total. The van der Waals surface area contributed by atoms with Crippen LogP contribution >= 0.6 is 23.2 Å². The van der Waals surface area contributed by atoms with Crippen molar-refractivity contribution in [2.24, 2.45) is 11.8 Å². The third-order valence-electron chi connectivity index (χ3n) is 10.6. The largest absolute Gasteiger partial charge is 0.504 e. The van der Waals surface area contributed by atoms with E-state index in [0.717, 1.165) is 42.6 Å². The molecule has 9 heteroatoms. The summed E-state index contributed by atoms with van der Waals surface area (Å²) < 4.78 is 13.5. The van der Waals surface area contributed by atoms with E-state index in [1.54, 1.807) is 18.2 Å². The predicted molar refractivity (Wildman–Crippen MR) is 165 cm³/mol. The number of carbonyl (C=O) groups excluding carboxylic acids is 2. The molecule has 2 aromatic rings. The van der Waals surface area contributed by atoms with Crippen molar-refractivity contribution in [1.29, 1.82) is 0 Å². The molecule has 2 heterocycles. The molecule has 3 fully saturated rings. The number of rotatable bonds is 8. The molecule has 3 aliphatic carbocycles. The molecular weight excluding hydrogens is 587 g/mol. The van der Waals surface area contributed by atoms with Crippen LogP contribution in [0, 0.1) is 11.8 Å². The Balaban J connectivity index is 1.33. The number of amides is 1. The lowest BCUT2D eigenvalue weighted by Gasteiger charge is -2.65. The lowest BCUT2D eigenvalue weighted by atomic mass is 9.48. The number of nitrogens with zero attached hydrogens (tertiary/aromatic N) is 2. The number of phenolic OH excluding ortho intramolecular Hbond substituents is 1. The third-order valence-corrected chi connectivity index (χ3v) is 11.4. The van der Waals surface area contributed by atoms with E-state index in [1.165, 1.54) is 19.8 Å². The van der Waals surface area contributed by atoms with Gasteiger partial charge in [-0.25, -0.2) is 0 Å². The zero-order valence-electron chi connectivity index (χ0n) is 25.1. The predicted octanol–water partition coefficient (Wildman–Crippen LogP) is 5.93. The van der Waals surface area contributed by atoms with Crippen LogP contribution in [0.5, 0.6) is 11.5 Å². The minimum absolute atomic E-state index is 0.00370. The van der Waals surface area contributed by atoms with Gasteiger partial charge in [-0.2, -0.15) is 0 Å². The molecule has 2 bridgehead atoms. The number of halogens is 2. The van der Waals surface area contributed by atoms with E-state index >= 15 is 0 Å². The monoisotopic (exact) mass is 626 g/mol. The summed E-state index contributed by atoms with van der Waals surface area (Å²) in [6.07, 6.45) is 5.00. The van der Waals surface area contributed by atoms with Crippen molar-refractivity contribution in [2.75, 3.05) is 19.6 Å². The van der Waals surface area contributed by atoms with Gasteiger partial charge in [0.1, 0.15) is 11.7 Å². The Kier molecular flexibility index (Phi) is 7.18. The van der Waals surface area contributed by atoms with Crippen LogP contribution in [0.1, 0.15) is 69.6 Å². The van der Waals surface area contributed by atoms with E-state index in [4.69, 9.17) is 32.7 Å². The van der Waals surface area contributed by atoms with E-state index in [2.05, 4.69) is 18.7 Å². The Hall–Kier alpha value is -2.48. The summed E-state index contributed by atoms with van der Waals surface area (Å²) >= 11 is 12.5. The highest BCUT2D eigenvalue weighted by Crippen LogP contribution is 2.67. The molecule has 1 amide bonds. The second-order valence-electron chi connectivity index (χ2n) is 13.8. The standard InChI is InChI=1S/C34H40Cl2N2O5/c1-19(2)17-38(29(41)15-22-6-8-24(35)25(36)14-22)26-10-11-34(43-20(3)39)28-16-23-7-9-27(40)31-30(23)33(34,32(26)42-31)12-13-37(28)18-21-4-5-21/h6-9,14,19,21,26,28,32,40H,4-5,10-13,15-18H2,1-3H3/t26-,28-,32+,33+,34-/m1/s1. The Labute approximate surface area is 263 Å². The maximum Gasteiger partial charge on any atom is 0.303 e. The van der Waals surface area contributed by atoms with Gasteiger partial charge in [-0.05, 0) is 86.2 Å².